The molecule has 2 saturated heterocycles. The molecule has 2 aliphatic heterocycles. The minimum Gasteiger partial charge on any atom is -0.466 e. The van der Waals surface area contributed by atoms with Gasteiger partial charge in [-0.05, 0) is 31.9 Å². The zero-order valence-corrected chi connectivity index (χ0v) is 21.1. The Hall–Kier alpha value is -3.87. The van der Waals surface area contributed by atoms with E-state index < -0.39 is 30.8 Å². The Morgan fingerprint density at radius 1 is 1.08 bits per heavy atom. The SMILES string of the molecule is CCNC(=O)Nc1ncnc2c1ncn2C1OC(CCC(=O)OCC)C2O[C@H](/C=C/c3ccccc3)OC21. The molecular formula is C26H30N6O6. The summed E-state index contributed by atoms with van der Waals surface area (Å²) in [5.74, 6) is -0.0159. The van der Waals surface area contributed by atoms with Gasteiger partial charge in [0.1, 0.15) is 18.5 Å². The first-order valence-corrected chi connectivity index (χ1v) is 12.6. The van der Waals surface area contributed by atoms with Crippen molar-refractivity contribution in [3.8, 4) is 0 Å². The summed E-state index contributed by atoms with van der Waals surface area (Å²) < 4.78 is 25.7. The Morgan fingerprint density at radius 3 is 2.68 bits per heavy atom. The molecule has 1 aromatic carbocycles. The molecule has 0 bridgehead atoms. The third-order valence-corrected chi connectivity index (χ3v) is 6.25. The van der Waals surface area contributed by atoms with Gasteiger partial charge in [0.2, 0.25) is 0 Å². The van der Waals surface area contributed by atoms with E-state index in [4.69, 9.17) is 18.9 Å². The fourth-order valence-corrected chi connectivity index (χ4v) is 4.60. The summed E-state index contributed by atoms with van der Waals surface area (Å²) >= 11 is 0. The summed E-state index contributed by atoms with van der Waals surface area (Å²) in [6.45, 7) is 4.38. The monoisotopic (exact) mass is 522 g/mol. The number of nitrogens with one attached hydrogen (secondary N) is 2. The molecule has 2 amide bonds. The summed E-state index contributed by atoms with van der Waals surface area (Å²) in [5.41, 5.74) is 1.90. The van der Waals surface area contributed by atoms with Gasteiger partial charge in [-0.3, -0.25) is 14.7 Å². The highest BCUT2D eigenvalue weighted by molar-refractivity contribution is 5.95. The number of esters is 1. The number of ether oxygens (including phenoxy) is 4. The van der Waals surface area contributed by atoms with Crippen LogP contribution < -0.4 is 10.6 Å². The number of benzene rings is 1. The van der Waals surface area contributed by atoms with E-state index in [0.29, 0.717) is 30.7 Å². The third kappa shape index (κ3) is 5.52. The minimum absolute atomic E-state index is 0.190. The van der Waals surface area contributed by atoms with E-state index in [-0.39, 0.29) is 24.2 Å². The van der Waals surface area contributed by atoms with Crippen LogP contribution in [0.4, 0.5) is 10.6 Å². The molecule has 4 unspecified atom stereocenters. The topological polar surface area (TPSA) is 139 Å². The first kappa shape index (κ1) is 25.8. The first-order chi connectivity index (χ1) is 18.6. The maximum Gasteiger partial charge on any atom is 0.320 e. The Bertz CT molecular complexity index is 1300. The number of fused-ring (bicyclic) bond motifs is 2. The number of rotatable bonds is 9. The molecule has 5 atom stereocenters. The van der Waals surface area contributed by atoms with Gasteiger partial charge in [0.15, 0.2) is 29.5 Å². The molecule has 0 aliphatic carbocycles. The highest BCUT2D eigenvalue weighted by Gasteiger charge is 2.53. The van der Waals surface area contributed by atoms with E-state index in [9.17, 15) is 9.59 Å². The molecule has 38 heavy (non-hydrogen) atoms. The molecule has 2 N–H and O–H groups in total. The normalized spacial score (nSPS) is 24.5. The molecule has 12 heteroatoms. The number of hydrogen-bond donors (Lipinski definition) is 2. The van der Waals surface area contributed by atoms with Crippen LogP contribution in [0, 0.1) is 0 Å². The fourth-order valence-electron chi connectivity index (χ4n) is 4.60. The predicted molar refractivity (Wildman–Crippen MR) is 137 cm³/mol. The van der Waals surface area contributed by atoms with Gasteiger partial charge in [0.25, 0.3) is 0 Å². The van der Waals surface area contributed by atoms with Crippen LogP contribution in [0.1, 0.15) is 38.5 Å². The van der Waals surface area contributed by atoms with Gasteiger partial charge in [0, 0.05) is 13.0 Å². The molecule has 2 aliphatic rings. The van der Waals surface area contributed by atoms with Crippen LogP contribution in [-0.2, 0) is 23.7 Å². The van der Waals surface area contributed by atoms with Gasteiger partial charge >= 0.3 is 12.0 Å². The van der Waals surface area contributed by atoms with E-state index in [1.165, 1.54) is 6.33 Å². The third-order valence-electron chi connectivity index (χ3n) is 6.25. The van der Waals surface area contributed by atoms with Crippen molar-refractivity contribution in [1.29, 1.82) is 0 Å². The van der Waals surface area contributed by atoms with Crippen LogP contribution in [0.2, 0.25) is 0 Å². The fraction of sp³-hybridized carbons (Fsp3) is 0.423. The molecule has 4 heterocycles. The molecule has 200 valence electrons. The number of anilines is 1. The van der Waals surface area contributed by atoms with Crippen LogP contribution in [-0.4, -0.2) is 69.3 Å². The molecule has 3 aromatic rings. The standard InChI is InChI=1S/C26H30N6O6/c1-3-27-26(34)31-23-20-24(29-14-28-23)32(15-30-20)25-22-21(17(36-25)11-12-18(33)35-4-2)37-19(38-22)13-10-16-8-6-5-7-9-16/h5-10,13-15,17,19,21-22,25H,3-4,11-12H2,1-2H3,(H2,27,28,29,31,34)/b13-10+/t17?,19-,21?,22?,25?/m0/s1. The largest absolute Gasteiger partial charge is 0.466 e. The quantitative estimate of drug-likeness (QED) is 0.406. The van der Waals surface area contributed by atoms with Crippen molar-refractivity contribution >= 4 is 35.1 Å². The van der Waals surface area contributed by atoms with Crippen molar-refractivity contribution in [2.45, 2.75) is 57.5 Å². The lowest BCUT2D eigenvalue weighted by molar-refractivity contribution is -0.146. The smallest absolute Gasteiger partial charge is 0.320 e. The second kappa shape index (κ2) is 11.7. The number of hydrogen-bond acceptors (Lipinski definition) is 9. The molecule has 2 aromatic heterocycles. The van der Waals surface area contributed by atoms with Crippen LogP contribution >= 0.6 is 0 Å². The summed E-state index contributed by atoms with van der Waals surface area (Å²) in [6.07, 6.45) is 4.77. The van der Waals surface area contributed by atoms with E-state index >= 15 is 0 Å². The number of amides is 2. The first-order valence-electron chi connectivity index (χ1n) is 12.6. The maximum absolute atomic E-state index is 12.1. The number of urea groups is 1. The second-order valence-corrected chi connectivity index (χ2v) is 8.78. The Kier molecular flexibility index (Phi) is 7.91. The average molecular weight is 523 g/mol. The van der Waals surface area contributed by atoms with Crippen molar-refractivity contribution in [1.82, 2.24) is 24.8 Å². The van der Waals surface area contributed by atoms with Gasteiger partial charge in [-0.25, -0.2) is 19.7 Å². The van der Waals surface area contributed by atoms with E-state index in [0.717, 1.165) is 5.56 Å². The van der Waals surface area contributed by atoms with Gasteiger partial charge < -0.3 is 24.3 Å². The van der Waals surface area contributed by atoms with Crippen LogP contribution in [0.25, 0.3) is 17.2 Å². The van der Waals surface area contributed by atoms with Gasteiger partial charge in [-0.1, -0.05) is 36.4 Å². The predicted octanol–water partition coefficient (Wildman–Crippen LogP) is 3.03. The zero-order valence-electron chi connectivity index (χ0n) is 21.1. The van der Waals surface area contributed by atoms with Crippen LogP contribution in [0.5, 0.6) is 0 Å². The van der Waals surface area contributed by atoms with Gasteiger partial charge in [-0.15, -0.1) is 0 Å². The van der Waals surface area contributed by atoms with Gasteiger partial charge in [-0.2, -0.15) is 0 Å². The second-order valence-electron chi connectivity index (χ2n) is 8.78. The maximum atomic E-state index is 12.1. The lowest BCUT2D eigenvalue weighted by atomic mass is 10.1. The zero-order chi connectivity index (χ0) is 26.5. The van der Waals surface area contributed by atoms with E-state index in [1.54, 1.807) is 17.8 Å². The minimum atomic E-state index is -0.625. The summed E-state index contributed by atoms with van der Waals surface area (Å²) in [6, 6.07) is 9.46. The van der Waals surface area contributed by atoms with Crippen molar-refractivity contribution < 1.29 is 28.5 Å². The number of imidazole rings is 1. The Morgan fingerprint density at radius 2 is 1.89 bits per heavy atom. The summed E-state index contributed by atoms with van der Waals surface area (Å²) in [4.78, 5) is 37.1. The number of carbonyl (C=O) groups excluding carboxylic acids is 2. The highest BCUT2D eigenvalue weighted by Crippen LogP contribution is 2.42. The highest BCUT2D eigenvalue weighted by atomic mass is 16.8. The number of nitrogens with zero attached hydrogens (tertiary/aromatic N) is 4. The van der Waals surface area contributed by atoms with Crippen molar-refractivity contribution in [2.24, 2.45) is 0 Å². The van der Waals surface area contributed by atoms with E-state index in [2.05, 4.69) is 25.6 Å². The number of aromatic nitrogens is 4. The van der Waals surface area contributed by atoms with E-state index in [1.807, 2.05) is 49.4 Å². The molecule has 0 saturated carbocycles. The Labute approximate surface area is 219 Å². The molecule has 0 spiro atoms. The molecule has 12 nitrogen and oxygen atoms in total. The average Bonchev–Trinajstić information content (AvgIpc) is 3.61. The van der Waals surface area contributed by atoms with Crippen molar-refractivity contribution in [2.75, 3.05) is 18.5 Å². The Balaban J connectivity index is 1.39. The molecular weight excluding hydrogens is 492 g/mol. The molecule has 2 fully saturated rings. The van der Waals surface area contributed by atoms with Crippen molar-refractivity contribution in [3.63, 3.8) is 0 Å². The summed E-state index contributed by atoms with van der Waals surface area (Å²) in [7, 11) is 0. The van der Waals surface area contributed by atoms with Crippen molar-refractivity contribution in [3.05, 3.63) is 54.6 Å². The van der Waals surface area contributed by atoms with Crippen LogP contribution in [0.15, 0.2) is 49.1 Å². The lowest BCUT2D eigenvalue weighted by Gasteiger charge is -2.20. The molecule has 5 rings (SSSR count). The van der Waals surface area contributed by atoms with Crippen LogP contribution in [0.3, 0.4) is 0 Å². The van der Waals surface area contributed by atoms with Gasteiger partial charge in [0.05, 0.1) is 19.0 Å². The molecule has 0 radical (unpaired) electrons. The lowest BCUT2D eigenvalue weighted by Crippen LogP contribution is -2.29. The summed E-state index contributed by atoms with van der Waals surface area (Å²) in [5, 5.41) is 5.36. The number of carbonyl (C=O) groups is 2.